The lowest BCUT2D eigenvalue weighted by molar-refractivity contribution is -0.136. The van der Waals surface area contributed by atoms with E-state index in [-0.39, 0.29) is 19.3 Å². The summed E-state index contributed by atoms with van der Waals surface area (Å²) in [5.41, 5.74) is 12.0. The van der Waals surface area contributed by atoms with Crippen LogP contribution in [0.15, 0.2) is 42.9 Å². The summed E-state index contributed by atoms with van der Waals surface area (Å²) in [6.45, 7) is 4.29. The van der Waals surface area contributed by atoms with Gasteiger partial charge in [-0.05, 0) is 18.9 Å². The first-order valence-corrected chi connectivity index (χ1v) is 17.3. The van der Waals surface area contributed by atoms with Gasteiger partial charge in [0.05, 0.1) is 25.0 Å². The maximum Gasteiger partial charge on any atom is 0.243 e. The second kappa shape index (κ2) is 22.9. The molecule has 0 aliphatic heterocycles. The molecule has 1 aromatic carbocycles. The number of H-pyrrole nitrogens is 1. The molecule has 1 heterocycles. The minimum Gasteiger partial charge on any atom is -0.368 e. The summed E-state index contributed by atoms with van der Waals surface area (Å²) in [6, 6.07) is 2.74. The lowest BCUT2D eigenvalue weighted by Crippen LogP contribution is -2.59. The number of primary amides is 1. The summed E-state index contributed by atoms with van der Waals surface area (Å²) >= 11 is 0. The molecule has 0 saturated heterocycles. The van der Waals surface area contributed by atoms with E-state index in [1.54, 1.807) is 31.2 Å². The molecule has 0 unspecified atom stereocenters. The Balaban J connectivity index is 2.35. The highest BCUT2D eigenvalue weighted by Gasteiger charge is 2.33. The number of nitrogens with one attached hydrogen (secondary N) is 8. The van der Waals surface area contributed by atoms with Crippen molar-refractivity contribution in [3.63, 3.8) is 0 Å². The van der Waals surface area contributed by atoms with Crippen molar-refractivity contribution in [3.8, 4) is 0 Å². The molecule has 53 heavy (non-hydrogen) atoms. The summed E-state index contributed by atoms with van der Waals surface area (Å²) in [7, 11) is 0. The summed E-state index contributed by atoms with van der Waals surface area (Å²) < 4.78 is 0. The highest BCUT2D eigenvalue weighted by Crippen LogP contribution is 2.08. The van der Waals surface area contributed by atoms with Crippen LogP contribution in [0.25, 0.3) is 0 Å². The van der Waals surface area contributed by atoms with Crippen molar-refractivity contribution in [2.24, 2.45) is 11.5 Å². The van der Waals surface area contributed by atoms with Crippen molar-refractivity contribution in [2.75, 3.05) is 19.6 Å². The number of hydrogen-bond acceptors (Lipinski definition) is 10. The minimum absolute atomic E-state index is 0.137. The third kappa shape index (κ3) is 16.4. The van der Waals surface area contributed by atoms with E-state index >= 15 is 0 Å². The molecule has 0 spiro atoms. The van der Waals surface area contributed by atoms with Crippen LogP contribution in [0.2, 0.25) is 0 Å². The number of nitrogens with two attached hydrogens (primary N) is 2. The lowest BCUT2D eigenvalue weighted by Gasteiger charge is -2.26. The molecule has 12 N–H and O–H groups in total. The van der Waals surface area contributed by atoms with Gasteiger partial charge in [0.25, 0.3) is 0 Å². The largest absolute Gasteiger partial charge is 0.368 e. The van der Waals surface area contributed by atoms with E-state index in [1.807, 2.05) is 13.0 Å². The van der Waals surface area contributed by atoms with Crippen LogP contribution in [0.4, 0.5) is 0 Å². The van der Waals surface area contributed by atoms with E-state index in [1.165, 1.54) is 19.4 Å². The first-order valence-electron chi connectivity index (χ1n) is 17.3. The van der Waals surface area contributed by atoms with Gasteiger partial charge in [0.15, 0.2) is 0 Å². The second-order valence-corrected chi connectivity index (χ2v) is 12.2. The van der Waals surface area contributed by atoms with E-state index in [4.69, 9.17) is 11.5 Å². The summed E-state index contributed by atoms with van der Waals surface area (Å²) in [5, 5.41) is 17.7. The summed E-state index contributed by atoms with van der Waals surface area (Å²) in [5.74, 6) is -5.75. The maximum atomic E-state index is 13.9. The molecule has 0 radical (unpaired) electrons. The topological polar surface area (TPSA) is 301 Å². The zero-order valence-electron chi connectivity index (χ0n) is 30.2. The third-order valence-electron chi connectivity index (χ3n) is 7.72. The van der Waals surface area contributed by atoms with Crippen molar-refractivity contribution >= 4 is 47.3 Å². The van der Waals surface area contributed by atoms with Crippen LogP contribution in [0.3, 0.4) is 0 Å². The average Bonchev–Trinajstić information content (AvgIpc) is 3.63. The Bertz CT molecular complexity index is 1540. The van der Waals surface area contributed by atoms with Gasteiger partial charge >= 0.3 is 0 Å². The standard InChI is InChI=1S/C34H51N11O8/c1-4-6-12-24(42-20(3)46)32(51)45-27(15-29(48)39-17-23(35)30(49)40-18-28(36)47)34(53)44-26(14-22-16-37-19-41-22)33(52)43-25(31(50)38-5-2)13-21-10-8-7-9-11-21/h7-11,16,19,23-27H,4-6,12-15,17-18,35H2,1-3H3,(H2,36,47)(H,37,41)(H,38,50)(H,39,48)(H,40,49)(H,42,46)(H,43,52)(H,44,53)(H,45,51)/t23-,24-,25+,26-,27-/m0/s1. The predicted octanol–water partition coefficient (Wildman–Crippen LogP) is -3.08. The number of aromatic amines is 1. The number of carbonyl (C=O) groups is 8. The molecule has 0 fully saturated rings. The number of rotatable bonds is 23. The minimum atomic E-state index is -1.58. The molecule has 0 aliphatic carbocycles. The van der Waals surface area contributed by atoms with Crippen LogP contribution in [0.5, 0.6) is 0 Å². The summed E-state index contributed by atoms with van der Waals surface area (Å²) in [6.07, 6.45) is 3.74. The van der Waals surface area contributed by atoms with Crippen LogP contribution in [0, 0.1) is 0 Å². The van der Waals surface area contributed by atoms with E-state index in [2.05, 4.69) is 47.2 Å². The Morgan fingerprint density at radius 3 is 1.96 bits per heavy atom. The molecule has 0 saturated carbocycles. The fourth-order valence-electron chi connectivity index (χ4n) is 5.01. The fraction of sp³-hybridized carbons (Fsp3) is 0.500. The van der Waals surface area contributed by atoms with Gasteiger partial charge in [0.1, 0.15) is 30.2 Å². The van der Waals surface area contributed by atoms with Crippen LogP contribution < -0.4 is 48.7 Å². The molecule has 0 bridgehead atoms. The number of nitrogens with zero attached hydrogens (tertiary/aromatic N) is 1. The Hall–Kier alpha value is -5.85. The Morgan fingerprint density at radius 1 is 0.755 bits per heavy atom. The molecule has 0 aliphatic rings. The molecule has 290 valence electrons. The van der Waals surface area contributed by atoms with Crippen molar-refractivity contribution in [2.45, 2.75) is 89.5 Å². The van der Waals surface area contributed by atoms with E-state index in [0.29, 0.717) is 25.1 Å². The highest BCUT2D eigenvalue weighted by atomic mass is 16.2. The van der Waals surface area contributed by atoms with Crippen LogP contribution in [0.1, 0.15) is 57.7 Å². The van der Waals surface area contributed by atoms with Crippen LogP contribution in [-0.2, 0) is 51.2 Å². The molecular weight excluding hydrogens is 690 g/mol. The average molecular weight is 742 g/mol. The summed E-state index contributed by atoms with van der Waals surface area (Å²) in [4.78, 5) is 109. The number of hydrogen-bond donors (Lipinski definition) is 10. The Labute approximate surface area is 307 Å². The van der Waals surface area contributed by atoms with Crippen molar-refractivity contribution in [1.82, 2.24) is 47.2 Å². The number of unbranched alkanes of at least 4 members (excludes halogenated alkanes) is 1. The van der Waals surface area contributed by atoms with Crippen molar-refractivity contribution < 1.29 is 38.4 Å². The van der Waals surface area contributed by atoms with Crippen molar-refractivity contribution in [1.29, 1.82) is 0 Å². The Morgan fingerprint density at radius 2 is 1.38 bits per heavy atom. The van der Waals surface area contributed by atoms with Gasteiger partial charge in [-0.25, -0.2) is 4.98 Å². The van der Waals surface area contributed by atoms with Gasteiger partial charge < -0.3 is 53.7 Å². The normalized spacial score (nSPS) is 13.5. The molecule has 19 heteroatoms. The second-order valence-electron chi connectivity index (χ2n) is 12.2. The smallest absolute Gasteiger partial charge is 0.243 e. The first-order chi connectivity index (χ1) is 25.2. The predicted molar refractivity (Wildman–Crippen MR) is 192 cm³/mol. The van der Waals surface area contributed by atoms with Gasteiger partial charge in [0.2, 0.25) is 47.3 Å². The molecule has 19 nitrogen and oxygen atoms in total. The monoisotopic (exact) mass is 741 g/mol. The zero-order chi connectivity index (χ0) is 39.3. The SMILES string of the molecule is CCCC[C@H](NC(C)=O)C(=O)N[C@@H](CC(=O)NC[C@H](N)C(=O)NCC(N)=O)C(=O)N[C@@H](Cc1c[nH]cn1)C(=O)N[C@H](Cc1ccccc1)C(=O)NCC. The van der Waals surface area contributed by atoms with E-state index in [9.17, 15) is 38.4 Å². The lowest BCUT2D eigenvalue weighted by atomic mass is 10.0. The number of benzene rings is 1. The molecule has 8 amide bonds. The first kappa shape index (κ1) is 43.3. The van der Waals surface area contributed by atoms with Crippen molar-refractivity contribution in [3.05, 3.63) is 54.1 Å². The fourth-order valence-corrected chi connectivity index (χ4v) is 5.01. The van der Waals surface area contributed by atoms with Gasteiger partial charge in [-0.15, -0.1) is 0 Å². The number of carbonyl (C=O) groups excluding carboxylic acids is 8. The molecule has 5 atom stereocenters. The van der Waals surface area contributed by atoms with Gasteiger partial charge in [0, 0.05) is 39.1 Å². The number of likely N-dealkylation sites (N-methyl/N-ethyl adjacent to an activating group) is 1. The number of amides is 8. The van der Waals surface area contributed by atoms with Crippen LogP contribution >= 0.6 is 0 Å². The number of imidazole rings is 1. The molecular formula is C34H51N11O8. The molecule has 1 aromatic heterocycles. The van der Waals surface area contributed by atoms with Gasteiger partial charge in [-0.2, -0.15) is 0 Å². The number of aromatic nitrogens is 2. The Kier molecular flexibility index (Phi) is 18.7. The van der Waals surface area contributed by atoms with Gasteiger partial charge in [-0.1, -0.05) is 50.1 Å². The molecule has 2 rings (SSSR count). The van der Waals surface area contributed by atoms with Gasteiger partial charge in [-0.3, -0.25) is 38.4 Å². The van der Waals surface area contributed by atoms with E-state index in [0.717, 1.165) is 5.56 Å². The highest BCUT2D eigenvalue weighted by molar-refractivity contribution is 5.97. The maximum absolute atomic E-state index is 13.9. The van der Waals surface area contributed by atoms with Crippen LogP contribution in [-0.4, -0.2) is 107 Å². The third-order valence-corrected chi connectivity index (χ3v) is 7.72. The van der Waals surface area contributed by atoms with E-state index < -0.39 is 97.0 Å². The zero-order valence-corrected chi connectivity index (χ0v) is 30.2. The molecule has 2 aromatic rings. The quantitative estimate of drug-likeness (QED) is 0.0548.